The lowest BCUT2D eigenvalue weighted by atomic mass is 9.84. The van der Waals surface area contributed by atoms with Crippen molar-refractivity contribution in [3.05, 3.63) is 194 Å². The third kappa shape index (κ3) is 5.08. The summed E-state index contributed by atoms with van der Waals surface area (Å²) in [5.74, 6) is 0.761. The molecule has 11 aromatic rings. The van der Waals surface area contributed by atoms with Crippen LogP contribution in [0.25, 0.3) is 104 Å². The number of aryl methyl sites for hydroxylation is 1. The molecule has 10 aromatic carbocycles. The van der Waals surface area contributed by atoms with Gasteiger partial charge in [-0.25, -0.2) is 13.4 Å². The second kappa shape index (κ2) is 12.6. The number of nitrogens with zero attached hydrogens (tertiary/aromatic N) is 2. The first-order valence-corrected chi connectivity index (χ1v) is 21.3. The molecule has 0 saturated carbocycles. The molecule has 2 heterocycles. The lowest BCUT2D eigenvalue weighted by Crippen LogP contribution is -2.15. The molecular weight excluding hydrogens is 741 g/mol. The molecular formula is C54H34N2O2S. The number of aromatic nitrogens is 2. The van der Waals surface area contributed by atoms with Crippen LogP contribution in [-0.4, -0.2) is 18.0 Å². The Morgan fingerprint density at radius 1 is 0.407 bits per heavy atom. The third-order valence-corrected chi connectivity index (χ3v) is 14.1. The van der Waals surface area contributed by atoms with Crippen molar-refractivity contribution >= 4 is 64.0 Å². The maximum atomic E-state index is 14.0. The van der Waals surface area contributed by atoms with Crippen molar-refractivity contribution in [1.82, 2.24) is 9.55 Å². The number of hydrogen-bond donors (Lipinski definition) is 0. The zero-order chi connectivity index (χ0) is 39.4. The highest BCUT2D eigenvalue weighted by atomic mass is 32.2. The normalized spacial score (nSPS) is 13.1. The molecule has 0 N–H and O–H groups in total. The van der Waals surface area contributed by atoms with Crippen molar-refractivity contribution in [2.45, 2.75) is 16.7 Å². The van der Waals surface area contributed by atoms with Crippen LogP contribution >= 0.6 is 0 Å². The molecule has 0 radical (unpaired) electrons. The van der Waals surface area contributed by atoms with E-state index in [0.29, 0.717) is 26.5 Å². The fourth-order valence-corrected chi connectivity index (χ4v) is 11.1. The van der Waals surface area contributed by atoms with Crippen molar-refractivity contribution in [1.29, 1.82) is 0 Å². The third-order valence-electron chi connectivity index (χ3n) is 12.2. The Kier molecular flexibility index (Phi) is 7.20. The molecule has 5 heteroatoms. The SMILES string of the molecule is Cc1nc2cccc3c2n1-c1ccc(-c2ccc(-c4ccc5c(-c6ccc7ccccc7c6)c6ccccc6c(-c6ccc7ccccc7c6)c5c4)cc2)cc1S3(=O)=O. The van der Waals surface area contributed by atoms with Gasteiger partial charge in [0.2, 0.25) is 9.84 Å². The van der Waals surface area contributed by atoms with Gasteiger partial charge >= 0.3 is 0 Å². The number of benzene rings is 10. The van der Waals surface area contributed by atoms with Crippen molar-refractivity contribution in [2.75, 3.05) is 0 Å². The zero-order valence-electron chi connectivity index (χ0n) is 32.0. The largest absolute Gasteiger partial charge is 0.294 e. The molecule has 0 bridgehead atoms. The van der Waals surface area contributed by atoms with Gasteiger partial charge in [-0.05, 0) is 137 Å². The van der Waals surface area contributed by atoms with Crippen molar-refractivity contribution in [2.24, 2.45) is 0 Å². The summed E-state index contributed by atoms with van der Waals surface area (Å²) in [6, 6.07) is 65.9. The molecule has 0 atom stereocenters. The molecule has 0 fully saturated rings. The van der Waals surface area contributed by atoms with Gasteiger partial charge in [-0.15, -0.1) is 0 Å². The van der Waals surface area contributed by atoms with Gasteiger partial charge in [-0.2, -0.15) is 0 Å². The summed E-state index contributed by atoms with van der Waals surface area (Å²) in [5.41, 5.74) is 10.8. The molecule has 1 aromatic heterocycles. The summed E-state index contributed by atoms with van der Waals surface area (Å²) >= 11 is 0. The molecule has 0 aliphatic carbocycles. The van der Waals surface area contributed by atoms with E-state index in [1.807, 2.05) is 35.8 Å². The fraction of sp³-hybridized carbons (Fsp3) is 0.0185. The molecule has 1 aliphatic rings. The Labute approximate surface area is 341 Å². The topological polar surface area (TPSA) is 52.0 Å². The number of hydrogen-bond acceptors (Lipinski definition) is 3. The van der Waals surface area contributed by atoms with E-state index in [0.717, 1.165) is 28.1 Å². The molecule has 0 unspecified atom stereocenters. The van der Waals surface area contributed by atoms with Crippen LogP contribution in [0.2, 0.25) is 0 Å². The van der Waals surface area contributed by atoms with Crippen LogP contribution in [0.1, 0.15) is 5.82 Å². The van der Waals surface area contributed by atoms with Gasteiger partial charge in [0, 0.05) is 0 Å². The predicted octanol–water partition coefficient (Wildman–Crippen LogP) is 13.8. The van der Waals surface area contributed by atoms with Gasteiger partial charge in [-0.1, -0.05) is 146 Å². The van der Waals surface area contributed by atoms with E-state index in [9.17, 15) is 8.42 Å². The smallest absolute Gasteiger partial charge is 0.210 e. The highest BCUT2D eigenvalue weighted by Gasteiger charge is 2.33. The first kappa shape index (κ1) is 33.8. The van der Waals surface area contributed by atoms with Crippen LogP contribution in [0.3, 0.4) is 0 Å². The lowest BCUT2D eigenvalue weighted by molar-refractivity contribution is 0.594. The van der Waals surface area contributed by atoms with Gasteiger partial charge in [0.25, 0.3) is 0 Å². The summed E-state index contributed by atoms with van der Waals surface area (Å²) in [7, 11) is -3.75. The number of rotatable bonds is 4. The van der Waals surface area contributed by atoms with Crippen LogP contribution < -0.4 is 0 Å². The van der Waals surface area contributed by atoms with E-state index in [-0.39, 0.29) is 0 Å². The molecule has 0 amide bonds. The Balaban J connectivity index is 1.02. The van der Waals surface area contributed by atoms with Gasteiger partial charge in [-0.3, -0.25) is 4.57 Å². The Bertz CT molecular complexity index is 3690. The first-order chi connectivity index (χ1) is 28.9. The van der Waals surface area contributed by atoms with E-state index < -0.39 is 9.84 Å². The van der Waals surface area contributed by atoms with Crippen molar-refractivity contribution < 1.29 is 8.42 Å². The van der Waals surface area contributed by atoms with E-state index in [4.69, 9.17) is 0 Å². The zero-order valence-corrected chi connectivity index (χ0v) is 32.8. The minimum Gasteiger partial charge on any atom is -0.294 e. The highest BCUT2D eigenvalue weighted by Crippen LogP contribution is 2.46. The summed E-state index contributed by atoms with van der Waals surface area (Å²) in [6.45, 7) is 1.92. The molecule has 1 aliphatic heterocycles. The van der Waals surface area contributed by atoms with Crippen molar-refractivity contribution in [3.63, 3.8) is 0 Å². The molecule has 12 rings (SSSR count). The van der Waals surface area contributed by atoms with Gasteiger partial charge in [0.1, 0.15) is 5.82 Å². The van der Waals surface area contributed by atoms with Crippen LogP contribution in [0.4, 0.5) is 0 Å². The maximum Gasteiger partial charge on any atom is 0.210 e. The second-order valence-electron chi connectivity index (χ2n) is 15.6. The van der Waals surface area contributed by atoms with Crippen LogP contribution in [0.15, 0.2) is 198 Å². The van der Waals surface area contributed by atoms with Gasteiger partial charge in [0.05, 0.1) is 26.5 Å². The molecule has 0 saturated heterocycles. The Morgan fingerprint density at radius 3 is 1.56 bits per heavy atom. The van der Waals surface area contributed by atoms with Crippen LogP contribution in [0.5, 0.6) is 0 Å². The summed E-state index contributed by atoms with van der Waals surface area (Å²) < 4.78 is 30.0. The summed E-state index contributed by atoms with van der Waals surface area (Å²) in [5, 5.41) is 9.68. The van der Waals surface area contributed by atoms with E-state index in [1.165, 1.54) is 65.3 Å². The van der Waals surface area contributed by atoms with E-state index in [1.54, 1.807) is 12.1 Å². The molecule has 59 heavy (non-hydrogen) atoms. The Morgan fingerprint density at radius 2 is 0.915 bits per heavy atom. The monoisotopic (exact) mass is 774 g/mol. The second-order valence-corrected chi connectivity index (χ2v) is 17.4. The average molecular weight is 775 g/mol. The predicted molar refractivity (Wildman–Crippen MR) is 243 cm³/mol. The number of imidazole rings is 1. The van der Waals surface area contributed by atoms with Gasteiger partial charge < -0.3 is 0 Å². The molecule has 0 spiro atoms. The number of sulfone groups is 1. The van der Waals surface area contributed by atoms with E-state index >= 15 is 0 Å². The summed E-state index contributed by atoms with van der Waals surface area (Å²) in [6.07, 6.45) is 0. The first-order valence-electron chi connectivity index (χ1n) is 19.9. The standard InChI is InChI=1S/C54H34N2O2S/c1-33-55-48-15-8-16-50-54(48)56(33)49-28-26-41(32-51(49)59(50,57)58)37-19-17-36(18-20-37)40-25-27-46-47(31-40)53(43-24-22-35-10-3-5-12-39(35)30-43)45-14-7-6-13-44(45)52(46)42-23-21-34-9-2-4-11-38(34)29-42/h2-32H,1H3. The quantitative estimate of drug-likeness (QED) is 0.167. The average Bonchev–Trinajstić information content (AvgIpc) is 3.62. The maximum absolute atomic E-state index is 14.0. The van der Waals surface area contributed by atoms with Crippen LogP contribution in [0, 0.1) is 6.92 Å². The van der Waals surface area contributed by atoms with Gasteiger partial charge in [0.15, 0.2) is 0 Å². The fourth-order valence-electron chi connectivity index (χ4n) is 9.46. The van der Waals surface area contributed by atoms with Crippen LogP contribution in [-0.2, 0) is 9.84 Å². The minimum atomic E-state index is -3.75. The number of para-hydroxylation sites is 1. The lowest BCUT2D eigenvalue weighted by Gasteiger charge is -2.21. The van der Waals surface area contributed by atoms with Crippen molar-refractivity contribution in [3.8, 4) is 50.2 Å². The highest BCUT2D eigenvalue weighted by molar-refractivity contribution is 7.92. The minimum absolute atomic E-state index is 0.297. The molecule has 278 valence electrons. The number of fused-ring (bicyclic) bond motifs is 6. The van der Waals surface area contributed by atoms with E-state index in [2.05, 4.69) is 157 Å². The Hall–Kier alpha value is -7.34. The summed E-state index contributed by atoms with van der Waals surface area (Å²) in [4.78, 5) is 5.26. The molecule has 4 nitrogen and oxygen atoms in total.